The van der Waals surface area contributed by atoms with Gasteiger partial charge in [-0.3, -0.25) is 4.79 Å². The fourth-order valence-electron chi connectivity index (χ4n) is 1.99. The highest BCUT2D eigenvalue weighted by Crippen LogP contribution is 2.17. The number of hydrogen-bond donors (Lipinski definition) is 2. The summed E-state index contributed by atoms with van der Waals surface area (Å²) in [4.78, 5) is 23.4. The zero-order valence-electron chi connectivity index (χ0n) is 13.1. The van der Waals surface area contributed by atoms with Crippen LogP contribution >= 0.6 is 22.6 Å². The molecule has 0 heterocycles. The average molecular weight is 438 g/mol. The number of anilines is 1. The van der Waals surface area contributed by atoms with Crippen LogP contribution in [-0.2, 0) is 16.1 Å². The van der Waals surface area contributed by atoms with E-state index >= 15 is 0 Å². The minimum Gasteiger partial charge on any atom is -0.445 e. The van der Waals surface area contributed by atoms with Crippen LogP contribution in [0.25, 0.3) is 0 Å². The van der Waals surface area contributed by atoms with Crippen molar-refractivity contribution in [1.29, 1.82) is 0 Å². The van der Waals surface area contributed by atoms with Gasteiger partial charge in [-0.05, 0) is 46.7 Å². The molecule has 0 radical (unpaired) electrons. The van der Waals surface area contributed by atoms with Gasteiger partial charge in [0.05, 0.1) is 5.69 Å². The molecular formula is C18H19IN2O3. The van der Waals surface area contributed by atoms with E-state index in [1.54, 1.807) is 0 Å². The van der Waals surface area contributed by atoms with Crippen molar-refractivity contribution < 1.29 is 14.3 Å². The molecule has 0 saturated carbocycles. The third kappa shape index (κ3) is 6.57. The van der Waals surface area contributed by atoms with Crippen molar-refractivity contribution in [3.63, 3.8) is 0 Å². The molecule has 2 rings (SSSR count). The van der Waals surface area contributed by atoms with Gasteiger partial charge < -0.3 is 15.4 Å². The molecule has 126 valence electrons. The number of hydrogen-bond acceptors (Lipinski definition) is 3. The van der Waals surface area contributed by atoms with Crippen LogP contribution < -0.4 is 10.6 Å². The Hall–Kier alpha value is -2.09. The van der Waals surface area contributed by atoms with E-state index in [2.05, 4.69) is 33.2 Å². The smallest absolute Gasteiger partial charge is 0.407 e. The van der Waals surface area contributed by atoms with E-state index in [1.165, 1.54) is 0 Å². The third-order valence-corrected chi connectivity index (χ3v) is 4.15. The molecule has 0 aliphatic rings. The number of amides is 2. The first-order valence-corrected chi connectivity index (χ1v) is 8.72. The summed E-state index contributed by atoms with van der Waals surface area (Å²) in [5.41, 5.74) is 1.74. The second kappa shape index (κ2) is 9.92. The van der Waals surface area contributed by atoms with Gasteiger partial charge >= 0.3 is 6.09 Å². The summed E-state index contributed by atoms with van der Waals surface area (Å²) in [7, 11) is 0. The fourth-order valence-corrected chi connectivity index (χ4v) is 2.51. The lowest BCUT2D eigenvalue weighted by atomic mass is 10.2. The number of ether oxygens (including phenoxy) is 1. The highest BCUT2D eigenvalue weighted by atomic mass is 127. The number of carbonyl (C=O) groups is 2. The zero-order chi connectivity index (χ0) is 17.2. The van der Waals surface area contributed by atoms with Gasteiger partial charge in [-0.1, -0.05) is 42.5 Å². The van der Waals surface area contributed by atoms with Crippen molar-refractivity contribution in [1.82, 2.24) is 5.32 Å². The first-order valence-electron chi connectivity index (χ1n) is 7.64. The number of carbonyl (C=O) groups excluding carboxylic acids is 2. The summed E-state index contributed by atoms with van der Waals surface area (Å²) in [6.45, 7) is 0.631. The molecular weight excluding hydrogens is 419 g/mol. The Labute approximate surface area is 154 Å². The van der Waals surface area contributed by atoms with Crippen molar-refractivity contribution in [3.8, 4) is 0 Å². The summed E-state index contributed by atoms with van der Waals surface area (Å²) in [5, 5.41) is 5.50. The van der Waals surface area contributed by atoms with Crippen LogP contribution in [0.2, 0.25) is 0 Å². The molecule has 2 N–H and O–H groups in total. The molecule has 0 aliphatic heterocycles. The van der Waals surface area contributed by atoms with Crippen molar-refractivity contribution in [3.05, 3.63) is 63.7 Å². The standard InChI is InChI=1S/C18H19IN2O3/c19-15-9-4-5-10-16(15)21-17(22)11-6-12-20-18(23)24-13-14-7-2-1-3-8-14/h1-5,7-10H,6,11-13H2,(H,20,23)(H,21,22). The van der Waals surface area contributed by atoms with Crippen molar-refractivity contribution in [2.75, 3.05) is 11.9 Å². The Morgan fingerprint density at radius 1 is 1.00 bits per heavy atom. The van der Waals surface area contributed by atoms with Crippen molar-refractivity contribution in [2.24, 2.45) is 0 Å². The van der Waals surface area contributed by atoms with E-state index in [0.29, 0.717) is 19.4 Å². The monoisotopic (exact) mass is 438 g/mol. The highest BCUT2D eigenvalue weighted by Gasteiger charge is 2.06. The fraction of sp³-hybridized carbons (Fsp3) is 0.222. The molecule has 0 aromatic heterocycles. The Kier molecular flexibility index (Phi) is 7.54. The number of rotatable bonds is 7. The number of halogens is 1. The third-order valence-electron chi connectivity index (χ3n) is 3.21. The van der Waals surface area contributed by atoms with E-state index in [-0.39, 0.29) is 12.5 Å². The molecule has 2 amide bonds. The van der Waals surface area contributed by atoms with E-state index in [9.17, 15) is 9.59 Å². The lowest BCUT2D eigenvalue weighted by Gasteiger charge is -2.08. The molecule has 0 bridgehead atoms. The number of alkyl carbamates (subject to hydrolysis) is 1. The Balaban J connectivity index is 1.59. The molecule has 5 nitrogen and oxygen atoms in total. The molecule has 0 fully saturated rings. The van der Waals surface area contributed by atoms with E-state index in [0.717, 1.165) is 14.8 Å². The minimum absolute atomic E-state index is 0.0708. The maximum absolute atomic E-state index is 11.9. The van der Waals surface area contributed by atoms with Gasteiger partial charge in [-0.25, -0.2) is 4.79 Å². The van der Waals surface area contributed by atoms with Crippen LogP contribution in [0, 0.1) is 3.57 Å². The molecule has 6 heteroatoms. The summed E-state index contributed by atoms with van der Waals surface area (Å²) >= 11 is 2.17. The average Bonchev–Trinajstić information content (AvgIpc) is 2.60. The van der Waals surface area contributed by atoms with Gasteiger partial charge in [-0.2, -0.15) is 0 Å². The second-order valence-electron chi connectivity index (χ2n) is 5.12. The maximum Gasteiger partial charge on any atom is 0.407 e. The number of nitrogens with one attached hydrogen (secondary N) is 2. The van der Waals surface area contributed by atoms with Crippen molar-refractivity contribution in [2.45, 2.75) is 19.4 Å². The van der Waals surface area contributed by atoms with Gasteiger partial charge in [0.25, 0.3) is 0 Å². The Morgan fingerprint density at radius 3 is 2.46 bits per heavy atom. The summed E-state index contributed by atoms with van der Waals surface area (Å²) in [6, 6.07) is 17.1. The Bertz CT molecular complexity index is 677. The molecule has 0 unspecified atom stereocenters. The lowest BCUT2D eigenvalue weighted by Crippen LogP contribution is -2.26. The van der Waals surface area contributed by atoms with Crippen molar-refractivity contribution >= 4 is 40.3 Å². The van der Waals surface area contributed by atoms with E-state index < -0.39 is 6.09 Å². The van der Waals surface area contributed by atoms with Crippen LogP contribution in [0.15, 0.2) is 54.6 Å². The normalized spacial score (nSPS) is 10.0. The van der Waals surface area contributed by atoms with Gasteiger partial charge in [0.2, 0.25) is 5.91 Å². The predicted molar refractivity (Wildman–Crippen MR) is 102 cm³/mol. The lowest BCUT2D eigenvalue weighted by molar-refractivity contribution is -0.116. The SMILES string of the molecule is O=C(CCCNC(=O)OCc1ccccc1)Nc1ccccc1I. The zero-order valence-corrected chi connectivity index (χ0v) is 15.3. The number of benzene rings is 2. The second-order valence-corrected chi connectivity index (χ2v) is 6.28. The predicted octanol–water partition coefficient (Wildman–Crippen LogP) is 3.94. The van der Waals surface area contributed by atoms with Gasteiger partial charge in [-0.15, -0.1) is 0 Å². The number of para-hydroxylation sites is 1. The first kappa shape index (κ1) is 18.3. The van der Waals surface area contributed by atoms with Crippen LogP contribution in [0.4, 0.5) is 10.5 Å². The van der Waals surface area contributed by atoms with Gasteiger partial charge in [0, 0.05) is 16.5 Å². The van der Waals surface area contributed by atoms with Gasteiger partial charge in [0.1, 0.15) is 6.61 Å². The quantitative estimate of drug-likeness (QED) is 0.509. The van der Waals surface area contributed by atoms with Crippen LogP contribution in [0.3, 0.4) is 0 Å². The first-order chi connectivity index (χ1) is 11.6. The highest BCUT2D eigenvalue weighted by molar-refractivity contribution is 14.1. The summed E-state index contributed by atoms with van der Waals surface area (Å²) in [6.07, 6.45) is 0.413. The Morgan fingerprint density at radius 2 is 1.71 bits per heavy atom. The summed E-state index contributed by atoms with van der Waals surface area (Å²) in [5.74, 6) is -0.0708. The summed E-state index contributed by atoms with van der Waals surface area (Å²) < 4.78 is 6.09. The molecule has 24 heavy (non-hydrogen) atoms. The molecule has 2 aromatic carbocycles. The molecule has 2 aromatic rings. The molecule has 0 saturated heterocycles. The van der Waals surface area contributed by atoms with Crippen LogP contribution in [0.1, 0.15) is 18.4 Å². The van der Waals surface area contributed by atoms with Crippen LogP contribution in [0.5, 0.6) is 0 Å². The molecule has 0 spiro atoms. The van der Waals surface area contributed by atoms with E-state index in [1.807, 2.05) is 54.6 Å². The van der Waals surface area contributed by atoms with Gasteiger partial charge in [0.15, 0.2) is 0 Å². The topological polar surface area (TPSA) is 67.4 Å². The largest absolute Gasteiger partial charge is 0.445 e. The minimum atomic E-state index is -0.475. The van der Waals surface area contributed by atoms with E-state index in [4.69, 9.17) is 4.74 Å². The maximum atomic E-state index is 11.9. The molecule has 0 atom stereocenters. The molecule has 0 aliphatic carbocycles. The van der Waals surface area contributed by atoms with Crippen LogP contribution in [-0.4, -0.2) is 18.5 Å².